The first-order valence-corrected chi connectivity index (χ1v) is 10.4. The third kappa shape index (κ3) is 5.58. The Morgan fingerprint density at radius 3 is 2.68 bits per heavy atom. The van der Waals surface area contributed by atoms with Crippen LogP contribution in [0.4, 0.5) is 0 Å². The number of nitrogens with zero attached hydrogens (tertiary/aromatic N) is 1. The van der Waals surface area contributed by atoms with E-state index in [9.17, 15) is 4.79 Å². The summed E-state index contributed by atoms with van der Waals surface area (Å²) in [6.45, 7) is 4.91. The first-order valence-electron chi connectivity index (χ1n) is 9.58. The fourth-order valence-electron chi connectivity index (χ4n) is 2.76. The highest BCUT2D eigenvalue weighted by Crippen LogP contribution is 2.33. The lowest BCUT2D eigenvalue weighted by molar-refractivity contribution is 0.0929. The predicted molar refractivity (Wildman–Crippen MR) is 122 cm³/mol. The fourth-order valence-corrected chi connectivity index (χ4v) is 3.18. The van der Waals surface area contributed by atoms with Crippen LogP contribution in [-0.2, 0) is 0 Å². The Balaban J connectivity index is 1.73. The number of carbonyl (C=O) groups is 1. The minimum Gasteiger partial charge on any atom is -0.494 e. The van der Waals surface area contributed by atoms with Gasteiger partial charge in [-0.1, -0.05) is 5.92 Å². The molecule has 0 unspecified atom stereocenters. The number of halogens is 1. The van der Waals surface area contributed by atoms with E-state index in [1.165, 1.54) is 6.21 Å². The molecule has 1 aromatic heterocycles. The molecule has 0 spiro atoms. The Morgan fingerprint density at radius 2 is 1.94 bits per heavy atom. The molecule has 8 heteroatoms. The monoisotopic (exact) mass is 484 g/mol. The quantitative estimate of drug-likeness (QED) is 0.268. The fraction of sp³-hybridized carbons (Fsp3) is 0.217. The van der Waals surface area contributed by atoms with Gasteiger partial charge in [-0.15, -0.1) is 6.42 Å². The van der Waals surface area contributed by atoms with Crippen molar-refractivity contribution in [3.63, 3.8) is 0 Å². The molecule has 0 aliphatic rings. The Labute approximate surface area is 188 Å². The molecule has 0 radical (unpaired) electrons. The van der Waals surface area contributed by atoms with E-state index < -0.39 is 5.91 Å². The van der Waals surface area contributed by atoms with Crippen LogP contribution in [0.25, 0.3) is 11.0 Å². The van der Waals surface area contributed by atoms with Crippen molar-refractivity contribution in [2.24, 2.45) is 5.10 Å². The van der Waals surface area contributed by atoms with Gasteiger partial charge in [-0.25, -0.2) is 5.43 Å². The second kappa shape index (κ2) is 10.5. The molecule has 3 aromatic rings. The number of hydrazone groups is 1. The molecule has 0 fully saturated rings. The summed E-state index contributed by atoms with van der Waals surface area (Å²) in [6, 6.07) is 10.5. The molecule has 1 amide bonds. The number of hydrogen-bond donors (Lipinski definition) is 1. The van der Waals surface area contributed by atoms with Gasteiger partial charge in [0.05, 0.1) is 19.4 Å². The number of hydrogen-bond acceptors (Lipinski definition) is 6. The number of fused-ring (bicyclic) bond motifs is 1. The average Bonchev–Trinajstić information content (AvgIpc) is 3.18. The zero-order valence-electron chi connectivity index (χ0n) is 17.1. The molecule has 1 N–H and O–H groups in total. The van der Waals surface area contributed by atoms with Crippen LogP contribution in [-0.4, -0.2) is 31.9 Å². The standard InChI is InChI=1S/C23H21BrN2O5/c1-4-9-30-21-13-18(24)16(12-20(21)29-6-3)14-25-26-23(27)22-11-15-10-17(28-5-2)7-8-19(15)31-22/h1,7-8,10-14H,5-6,9H2,2-3H3,(H,26,27)/b25-14+. The van der Waals surface area contributed by atoms with Gasteiger partial charge in [0.2, 0.25) is 0 Å². The molecule has 7 nitrogen and oxygen atoms in total. The van der Waals surface area contributed by atoms with Gasteiger partial charge in [-0.05, 0) is 66.2 Å². The normalized spacial score (nSPS) is 10.8. The van der Waals surface area contributed by atoms with E-state index in [0.29, 0.717) is 46.1 Å². The van der Waals surface area contributed by atoms with E-state index in [1.54, 1.807) is 30.3 Å². The lowest BCUT2D eigenvalue weighted by Crippen LogP contribution is -2.16. The van der Waals surface area contributed by atoms with Gasteiger partial charge in [-0.2, -0.15) is 5.10 Å². The minimum atomic E-state index is -0.472. The van der Waals surface area contributed by atoms with Crippen LogP contribution in [0.2, 0.25) is 0 Å². The largest absolute Gasteiger partial charge is 0.494 e. The van der Waals surface area contributed by atoms with Crippen molar-refractivity contribution >= 4 is 39.0 Å². The maximum Gasteiger partial charge on any atom is 0.307 e. The van der Waals surface area contributed by atoms with E-state index in [4.69, 9.17) is 25.1 Å². The first kappa shape index (κ1) is 22.2. The van der Waals surface area contributed by atoms with Crippen molar-refractivity contribution in [1.82, 2.24) is 5.43 Å². The molecule has 2 aromatic carbocycles. The number of ether oxygens (including phenoxy) is 3. The highest BCUT2D eigenvalue weighted by molar-refractivity contribution is 9.10. The highest BCUT2D eigenvalue weighted by Gasteiger charge is 2.13. The summed E-state index contributed by atoms with van der Waals surface area (Å²) < 4.78 is 22.9. The number of nitrogens with one attached hydrogen (secondary N) is 1. The van der Waals surface area contributed by atoms with E-state index in [2.05, 4.69) is 32.4 Å². The lowest BCUT2D eigenvalue weighted by atomic mass is 10.2. The molecule has 0 aliphatic carbocycles. The molecular weight excluding hydrogens is 464 g/mol. The maximum atomic E-state index is 12.4. The Bertz CT molecular complexity index is 1150. The number of benzene rings is 2. The van der Waals surface area contributed by atoms with Crippen molar-refractivity contribution in [3.8, 4) is 29.6 Å². The van der Waals surface area contributed by atoms with E-state index in [-0.39, 0.29) is 12.4 Å². The third-order valence-corrected chi connectivity index (χ3v) is 4.75. The molecular formula is C23H21BrN2O5. The SMILES string of the molecule is C#CCOc1cc(Br)c(/C=N/NC(=O)c2cc3cc(OCC)ccc3o2)cc1OCC. The van der Waals surface area contributed by atoms with Crippen LogP contribution < -0.4 is 19.6 Å². The summed E-state index contributed by atoms with van der Waals surface area (Å²) in [5.74, 6) is 3.85. The summed E-state index contributed by atoms with van der Waals surface area (Å²) in [6.07, 6.45) is 6.74. The predicted octanol–water partition coefficient (Wildman–Crippen LogP) is 4.77. The topological polar surface area (TPSA) is 82.3 Å². The summed E-state index contributed by atoms with van der Waals surface area (Å²) >= 11 is 3.46. The van der Waals surface area contributed by atoms with Crippen LogP contribution in [0.15, 0.2) is 50.4 Å². The van der Waals surface area contributed by atoms with Gasteiger partial charge in [0.25, 0.3) is 0 Å². The number of furan rings is 1. The molecule has 0 bridgehead atoms. The molecule has 0 saturated heterocycles. The zero-order chi connectivity index (χ0) is 22.2. The summed E-state index contributed by atoms with van der Waals surface area (Å²) in [5, 5.41) is 4.79. The van der Waals surface area contributed by atoms with Gasteiger partial charge < -0.3 is 18.6 Å². The smallest absolute Gasteiger partial charge is 0.307 e. The van der Waals surface area contributed by atoms with Crippen LogP contribution in [0.5, 0.6) is 17.2 Å². The third-order valence-electron chi connectivity index (χ3n) is 4.07. The van der Waals surface area contributed by atoms with Gasteiger partial charge in [0, 0.05) is 15.4 Å². The molecule has 1 heterocycles. The molecule has 0 saturated carbocycles. The lowest BCUT2D eigenvalue weighted by Gasteiger charge is -2.12. The van der Waals surface area contributed by atoms with Gasteiger partial charge in [0.1, 0.15) is 17.9 Å². The molecule has 0 atom stereocenters. The second-order valence-corrected chi connectivity index (χ2v) is 7.04. The first-order chi connectivity index (χ1) is 15.0. The van der Waals surface area contributed by atoms with Crippen molar-refractivity contribution in [3.05, 3.63) is 52.2 Å². The Hall–Kier alpha value is -3.44. The van der Waals surface area contributed by atoms with Crippen molar-refractivity contribution < 1.29 is 23.4 Å². The van der Waals surface area contributed by atoms with Crippen LogP contribution in [0.1, 0.15) is 30.0 Å². The molecule has 3 rings (SSSR count). The summed E-state index contributed by atoms with van der Waals surface area (Å²) in [4.78, 5) is 12.4. The average molecular weight is 485 g/mol. The van der Waals surface area contributed by atoms with Gasteiger partial charge in [0.15, 0.2) is 17.3 Å². The van der Waals surface area contributed by atoms with E-state index in [0.717, 1.165) is 5.39 Å². The molecule has 31 heavy (non-hydrogen) atoms. The second-order valence-electron chi connectivity index (χ2n) is 6.19. The van der Waals surface area contributed by atoms with E-state index >= 15 is 0 Å². The Kier molecular flexibility index (Phi) is 7.57. The number of terminal acetylenes is 1. The number of amides is 1. The van der Waals surface area contributed by atoms with Crippen LogP contribution in [0.3, 0.4) is 0 Å². The molecule has 160 valence electrons. The number of carbonyl (C=O) groups excluding carboxylic acids is 1. The highest BCUT2D eigenvalue weighted by atomic mass is 79.9. The van der Waals surface area contributed by atoms with Crippen LogP contribution >= 0.6 is 15.9 Å². The summed E-state index contributed by atoms with van der Waals surface area (Å²) in [7, 11) is 0. The Morgan fingerprint density at radius 1 is 1.16 bits per heavy atom. The van der Waals surface area contributed by atoms with Gasteiger partial charge >= 0.3 is 5.91 Å². The zero-order valence-corrected chi connectivity index (χ0v) is 18.7. The van der Waals surface area contributed by atoms with Gasteiger partial charge in [-0.3, -0.25) is 4.79 Å². The van der Waals surface area contributed by atoms with Crippen molar-refractivity contribution in [2.75, 3.05) is 19.8 Å². The summed E-state index contributed by atoms with van der Waals surface area (Å²) in [5.41, 5.74) is 3.73. The maximum absolute atomic E-state index is 12.4. The van der Waals surface area contributed by atoms with Crippen LogP contribution in [0, 0.1) is 12.3 Å². The van der Waals surface area contributed by atoms with E-state index in [1.807, 2.05) is 19.9 Å². The van der Waals surface area contributed by atoms with Crippen molar-refractivity contribution in [1.29, 1.82) is 0 Å². The molecule has 0 aliphatic heterocycles. The van der Waals surface area contributed by atoms with Crippen molar-refractivity contribution in [2.45, 2.75) is 13.8 Å². The number of rotatable bonds is 9. The minimum absolute atomic E-state index is 0.125.